The fourth-order valence-electron chi connectivity index (χ4n) is 3.30. The van der Waals surface area contributed by atoms with Crippen molar-refractivity contribution < 1.29 is 27.5 Å². The molecular weight excluding hydrogens is 427 g/mol. The highest BCUT2D eigenvalue weighted by Gasteiger charge is 2.41. The van der Waals surface area contributed by atoms with Gasteiger partial charge in [0.1, 0.15) is 5.56 Å². The van der Waals surface area contributed by atoms with Gasteiger partial charge in [-0.1, -0.05) is 0 Å². The van der Waals surface area contributed by atoms with E-state index in [9.17, 15) is 22.8 Å². The van der Waals surface area contributed by atoms with Crippen LogP contribution in [0.3, 0.4) is 0 Å². The van der Waals surface area contributed by atoms with E-state index in [2.05, 4.69) is 15.5 Å². The first-order valence-electron chi connectivity index (χ1n) is 9.74. The lowest BCUT2D eigenvalue weighted by Crippen LogP contribution is -2.18. The van der Waals surface area contributed by atoms with E-state index in [1.165, 1.54) is 31.2 Å². The number of benzene rings is 1. The van der Waals surface area contributed by atoms with E-state index in [-0.39, 0.29) is 24.6 Å². The second-order valence-electron chi connectivity index (χ2n) is 7.08. The van der Waals surface area contributed by atoms with Gasteiger partial charge in [-0.2, -0.15) is 23.4 Å². The van der Waals surface area contributed by atoms with Gasteiger partial charge in [0.05, 0.1) is 30.6 Å². The van der Waals surface area contributed by atoms with Crippen LogP contribution in [0.5, 0.6) is 0 Å². The van der Waals surface area contributed by atoms with Crippen molar-refractivity contribution in [3.8, 4) is 5.69 Å². The molecule has 11 heteroatoms. The van der Waals surface area contributed by atoms with Crippen molar-refractivity contribution >= 4 is 17.6 Å². The maximum atomic E-state index is 13.6. The lowest BCUT2D eigenvalue weighted by Gasteiger charge is -2.13. The molecule has 0 atom stereocenters. The van der Waals surface area contributed by atoms with Gasteiger partial charge in [-0.15, -0.1) is 0 Å². The van der Waals surface area contributed by atoms with Crippen LogP contribution in [0.25, 0.3) is 5.69 Å². The quantitative estimate of drug-likeness (QED) is 0.581. The van der Waals surface area contributed by atoms with Gasteiger partial charge < -0.3 is 10.1 Å². The van der Waals surface area contributed by atoms with Crippen molar-refractivity contribution in [2.45, 2.75) is 33.4 Å². The summed E-state index contributed by atoms with van der Waals surface area (Å²) in [6, 6.07) is 5.66. The molecule has 3 aromatic rings. The molecular formula is C21H22F3N5O3. The number of nitrogens with one attached hydrogen (secondary N) is 1. The monoisotopic (exact) mass is 449 g/mol. The largest absolute Gasteiger partial charge is 0.462 e. The summed E-state index contributed by atoms with van der Waals surface area (Å²) in [4.78, 5) is 24.3. The summed E-state index contributed by atoms with van der Waals surface area (Å²) in [6.45, 7) is 5.12. The molecule has 0 saturated heterocycles. The number of esters is 1. The first-order chi connectivity index (χ1) is 15.0. The SMILES string of the molecule is CCOC(=O)c1cnn(-c2ccc(NC(=O)Cc3c(C)nn(C)c3C)cc2)c1C(F)(F)F. The highest BCUT2D eigenvalue weighted by molar-refractivity contribution is 5.93. The second kappa shape index (κ2) is 8.85. The maximum absolute atomic E-state index is 13.6. The molecule has 170 valence electrons. The molecule has 0 bridgehead atoms. The third kappa shape index (κ3) is 4.66. The molecule has 1 N–H and O–H groups in total. The Kier molecular flexibility index (Phi) is 6.37. The number of amides is 1. The summed E-state index contributed by atoms with van der Waals surface area (Å²) in [7, 11) is 1.79. The zero-order valence-electron chi connectivity index (χ0n) is 17.9. The molecule has 1 amide bonds. The smallest absolute Gasteiger partial charge is 0.434 e. The van der Waals surface area contributed by atoms with E-state index in [0.29, 0.717) is 10.4 Å². The summed E-state index contributed by atoms with van der Waals surface area (Å²) in [6.07, 6.45) is -3.88. The lowest BCUT2D eigenvalue weighted by molar-refractivity contribution is -0.143. The summed E-state index contributed by atoms with van der Waals surface area (Å²) >= 11 is 0. The molecule has 2 heterocycles. The average molecular weight is 449 g/mol. The van der Waals surface area contributed by atoms with E-state index in [1.807, 2.05) is 13.8 Å². The van der Waals surface area contributed by atoms with E-state index >= 15 is 0 Å². The van der Waals surface area contributed by atoms with Crippen molar-refractivity contribution in [2.75, 3.05) is 11.9 Å². The Hall–Kier alpha value is -3.63. The van der Waals surface area contributed by atoms with E-state index in [4.69, 9.17) is 4.74 Å². The van der Waals surface area contributed by atoms with E-state index in [0.717, 1.165) is 23.1 Å². The van der Waals surface area contributed by atoms with Crippen LogP contribution in [-0.4, -0.2) is 38.0 Å². The number of rotatable bonds is 6. The predicted molar refractivity (Wildman–Crippen MR) is 110 cm³/mol. The molecule has 0 aliphatic carbocycles. The first kappa shape index (κ1) is 23.0. The Labute approximate surface area is 182 Å². The number of anilines is 1. The van der Waals surface area contributed by atoms with E-state index in [1.54, 1.807) is 11.7 Å². The van der Waals surface area contributed by atoms with Crippen LogP contribution in [0.4, 0.5) is 18.9 Å². The van der Waals surface area contributed by atoms with Crippen molar-refractivity contribution in [1.29, 1.82) is 0 Å². The third-order valence-corrected chi connectivity index (χ3v) is 4.92. The van der Waals surface area contributed by atoms with Crippen molar-refractivity contribution in [2.24, 2.45) is 7.05 Å². The minimum absolute atomic E-state index is 0.0617. The highest BCUT2D eigenvalue weighted by atomic mass is 19.4. The Morgan fingerprint density at radius 3 is 2.34 bits per heavy atom. The van der Waals surface area contributed by atoms with Crippen molar-refractivity contribution in [3.05, 3.63) is 58.7 Å². The maximum Gasteiger partial charge on any atom is 0.434 e. The normalized spacial score (nSPS) is 11.5. The first-order valence-corrected chi connectivity index (χ1v) is 9.74. The van der Waals surface area contributed by atoms with Gasteiger partial charge in [-0.05, 0) is 45.0 Å². The van der Waals surface area contributed by atoms with Crippen molar-refractivity contribution in [3.63, 3.8) is 0 Å². The number of ether oxygens (including phenoxy) is 1. The minimum atomic E-state index is -4.83. The fourth-order valence-corrected chi connectivity index (χ4v) is 3.30. The summed E-state index contributed by atoms with van der Waals surface area (Å²) in [5.41, 5.74) is 1.04. The van der Waals surface area contributed by atoms with Gasteiger partial charge in [0.2, 0.25) is 5.91 Å². The molecule has 0 spiro atoms. The van der Waals surface area contributed by atoms with Gasteiger partial charge >= 0.3 is 12.1 Å². The number of aryl methyl sites for hydroxylation is 2. The van der Waals surface area contributed by atoms with Gasteiger partial charge in [-0.3, -0.25) is 9.48 Å². The average Bonchev–Trinajstić information content (AvgIpc) is 3.26. The Morgan fingerprint density at radius 2 is 1.81 bits per heavy atom. The number of nitrogens with zero attached hydrogens (tertiary/aromatic N) is 4. The van der Waals surface area contributed by atoms with Gasteiger partial charge in [0.25, 0.3) is 0 Å². The van der Waals surface area contributed by atoms with Crippen LogP contribution in [0.15, 0.2) is 30.5 Å². The number of carbonyl (C=O) groups is 2. The Bertz CT molecular complexity index is 1150. The van der Waals surface area contributed by atoms with Crippen molar-refractivity contribution in [1.82, 2.24) is 19.6 Å². The molecule has 0 fully saturated rings. The number of carbonyl (C=O) groups excluding carboxylic acids is 2. The second-order valence-corrected chi connectivity index (χ2v) is 7.08. The molecule has 0 radical (unpaired) electrons. The number of alkyl halides is 3. The molecule has 0 saturated carbocycles. The van der Waals surface area contributed by atoms with Crippen LogP contribution in [0, 0.1) is 13.8 Å². The minimum Gasteiger partial charge on any atom is -0.462 e. The third-order valence-electron chi connectivity index (χ3n) is 4.92. The van der Waals surface area contributed by atoms with Gasteiger partial charge in [-0.25, -0.2) is 9.48 Å². The number of hydrogen-bond acceptors (Lipinski definition) is 5. The summed E-state index contributed by atoms with van der Waals surface area (Å²) < 4.78 is 47.9. The zero-order chi connectivity index (χ0) is 23.6. The van der Waals surface area contributed by atoms with E-state index < -0.39 is 23.4 Å². The van der Waals surface area contributed by atoms with Crippen LogP contribution < -0.4 is 5.32 Å². The number of hydrogen-bond donors (Lipinski definition) is 1. The number of aromatic nitrogens is 4. The zero-order valence-corrected chi connectivity index (χ0v) is 17.9. The van der Waals surface area contributed by atoms with Gasteiger partial charge in [0, 0.05) is 24.0 Å². The molecule has 8 nitrogen and oxygen atoms in total. The molecule has 1 aromatic carbocycles. The standard InChI is InChI=1S/C21H22F3N5O3/c1-5-32-20(31)17-11-25-29(19(17)21(22,23)24)15-8-6-14(7-9-15)26-18(30)10-16-12(2)27-28(4)13(16)3/h6-9,11H,5,10H2,1-4H3,(H,26,30). The van der Waals surface area contributed by atoms with Gasteiger partial charge in [0.15, 0.2) is 5.69 Å². The molecule has 0 unspecified atom stereocenters. The molecule has 0 aliphatic rings. The molecule has 3 rings (SSSR count). The summed E-state index contributed by atoms with van der Waals surface area (Å²) in [5.74, 6) is -1.38. The Morgan fingerprint density at radius 1 is 1.16 bits per heavy atom. The fraction of sp³-hybridized carbons (Fsp3) is 0.333. The van der Waals surface area contributed by atoms with Crippen LogP contribution in [0.1, 0.15) is 39.9 Å². The van der Waals surface area contributed by atoms with Crippen LogP contribution in [-0.2, 0) is 29.2 Å². The highest BCUT2D eigenvalue weighted by Crippen LogP contribution is 2.34. The molecule has 32 heavy (non-hydrogen) atoms. The molecule has 0 aliphatic heterocycles. The number of halogens is 3. The van der Waals surface area contributed by atoms with Crippen LogP contribution >= 0.6 is 0 Å². The lowest BCUT2D eigenvalue weighted by atomic mass is 10.1. The Balaban J connectivity index is 1.81. The van der Waals surface area contributed by atoms with Crippen LogP contribution in [0.2, 0.25) is 0 Å². The topological polar surface area (TPSA) is 91.0 Å². The molecule has 2 aromatic heterocycles. The summed E-state index contributed by atoms with van der Waals surface area (Å²) in [5, 5.41) is 10.7. The predicted octanol–water partition coefficient (Wildman–Crippen LogP) is 3.60.